The highest BCUT2D eigenvalue weighted by Gasteiger charge is 2.48. The van der Waals surface area contributed by atoms with Gasteiger partial charge in [0.2, 0.25) is 0 Å². The van der Waals surface area contributed by atoms with Gasteiger partial charge in [-0.3, -0.25) is 9.69 Å². The number of carbonyl (C=O) groups excluding carboxylic acids is 1. The molecule has 0 radical (unpaired) electrons. The first-order valence-corrected chi connectivity index (χ1v) is 5.51. The zero-order valence-electron chi connectivity index (χ0n) is 9.08. The summed E-state index contributed by atoms with van der Waals surface area (Å²) in [6.45, 7) is 6.56. The molecule has 2 aliphatic heterocycles. The summed E-state index contributed by atoms with van der Waals surface area (Å²) in [6, 6.07) is 0. The molecule has 0 N–H and O–H groups in total. The standard InChI is InChI=1S/C11H19NO2/c1-9(2)14-8-11-4-3-5-12(11)7-10(13)6-11/h9H,3-8H2,1-2H3. The Morgan fingerprint density at radius 3 is 3.07 bits per heavy atom. The lowest BCUT2D eigenvalue weighted by Crippen LogP contribution is -2.43. The third kappa shape index (κ3) is 1.71. The van der Waals surface area contributed by atoms with Crippen molar-refractivity contribution < 1.29 is 9.53 Å². The molecule has 14 heavy (non-hydrogen) atoms. The van der Waals surface area contributed by atoms with Crippen LogP contribution in [0.5, 0.6) is 0 Å². The van der Waals surface area contributed by atoms with Gasteiger partial charge in [0.1, 0.15) is 5.78 Å². The molecule has 1 atom stereocenters. The van der Waals surface area contributed by atoms with E-state index < -0.39 is 0 Å². The van der Waals surface area contributed by atoms with Crippen LogP contribution in [-0.4, -0.2) is 42.0 Å². The van der Waals surface area contributed by atoms with Crippen molar-refractivity contribution in [3.05, 3.63) is 0 Å². The Bertz CT molecular complexity index is 239. The van der Waals surface area contributed by atoms with Crippen LogP contribution < -0.4 is 0 Å². The molecule has 0 aromatic heterocycles. The van der Waals surface area contributed by atoms with Gasteiger partial charge in [-0.25, -0.2) is 0 Å². The Labute approximate surface area is 85.4 Å². The number of hydrogen-bond acceptors (Lipinski definition) is 3. The fraction of sp³-hybridized carbons (Fsp3) is 0.909. The highest BCUT2D eigenvalue weighted by molar-refractivity contribution is 5.84. The first-order chi connectivity index (χ1) is 6.62. The van der Waals surface area contributed by atoms with E-state index in [1.165, 1.54) is 6.42 Å². The molecule has 2 saturated heterocycles. The summed E-state index contributed by atoms with van der Waals surface area (Å²) in [6.07, 6.45) is 3.32. The molecule has 3 heteroatoms. The topological polar surface area (TPSA) is 29.5 Å². The lowest BCUT2D eigenvalue weighted by molar-refractivity contribution is -0.117. The number of Topliss-reactive ketones (excluding diaryl/α,β-unsaturated/α-hetero) is 1. The maximum atomic E-state index is 11.4. The molecule has 3 nitrogen and oxygen atoms in total. The number of ketones is 1. The van der Waals surface area contributed by atoms with E-state index >= 15 is 0 Å². The molecular weight excluding hydrogens is 178 g/mol. The molecule has 0 aromatic rings. The Hall–Kier alpha value is -0.410. The zero-order valence-corrected chi connectivity index (χ0v) is 9.08. The smallest absolute Gasteiger partial charge is 0.148 e. The second-order valence-corrected chi connectivity index (χ2v) is 4.82. The van der Waals surface area contributed by atoms with E-state index in [0.717, 1.165) is 19.6 Å². The van der Waals surface area contributed by atoms with Crippen LogP contribution in [0.4, 0.5) is 0 Å². The van der Waals surface area contributed by atoms with Crippen LogP contribution in [0, 0.1) is 0 Å². The van der Waals surface area contributed by atoms with Gasteiger partial charge in [0.05, 0.1) is 24.8 Å². The first-order valence-electron chi connectivity index (χ1n) is 5.51. The monoisotopic (exact) mass is 197 g/mol. The van der Waals surface area contributed by atoms with Crippen molar-refractivity contribution in [2.75, 3.05) is 19.7 Å². The average Bonchev–Trinajstić information content (AvgIpc) is 2.56. The number of rotatable bonds is 3. The Morgan fingerprint density at radius 2 is 2.36 bits per heavy atom. The summed E-state index contributed by atoms with van der Waals surface area (Å²) in [4.78, 5) is 13.7. The summed E-state index contributed by atoms with van der Waals surface area (Å²) in [7, 11) is 0. The fourth-order valence-corrected chi connectivity index (χ4v) is 2.61. The maximum Gasteiger partial charge on any atom is 0.148 e. The Balaban J connectivity index is 2.01. The fourth-order valence-electron chi connectivity index (χ4n) is 2.61. The van der Waals surface area contributed by atoms with Gasteiger partial charge in [-0.15, -0.1) is 0 Å². The van der Waals surface area contributed by atoms with Gasteiger partial charge >= 0.3 is 0 Å². The van der Waals surface area contributed by atoms with Crippen molar-refractivity contribution in [3.8, 4) is 0 Å². The number of ether oxygens (including phenoxy) is 1. The molecule has 2 aliphatic rings. The van der Waals surface area contributed by atoms with Crippen LogP contribution in [0.15, 0.2) is 0 Å². The molecule has 0 saturated carbocycles. The van der Waals surface area contributed by atoms with E-state index in [4.69, 9.17) is 4.74 Å². The average molecular weight is 197 g/mol. The van der Waals surface area contributed by atoms with Gasteiger partial charge in [0, 0.05) is 6.42 Å². The largest absolute Gasteiger partial charge is 0.377 e. The predicted molar refractivity (Wildman–Crippen MR) is 54.3 cm³/mol. The summed E-state index contributed by atoms with van der Waals surface area (Å²) in [5, 5.41) is 0. The van der Waals surface area contributed by atoms with Gasteiger partial charge in [-0.2, -0.15) is 0 Å². The summed E-state index contributed by atoms with van der Waals surface area (Å²) >= 11 is 0. The Kier molecular flexibility index (Phi) is 2.62. The van der Waals surface area contributed by atoms with E-state index in [0.29, 0.717) is 18.7 Å². The van der Waals surface area contributed by atoms with Gasteiger partial charge < -0.3 is 4.74 Å². The van der Waals surface area contributed by atoms with Crippen LogP contribution in [0.25, 0.3) is 0 Å². The van der Waals surface area contributed by atoms with Crippen molar-refractivity contribution in [2.45, 2.75) is 44.8 Å². The van der Waals surface area contributed by atoms with E-state index in [1.54, 1.807) is 0 Å². The van der Waals surface area contributed by atoms with Crippen molar-refractivity contribution in [1.29, 1.82) is 0 Å². The number of fused-ring (bicyclic) bond motifs is 1. The van der Waals surface area contributed by atoms with Crippen LogP contribution in [0.1, 0.15) is 33.1 Å². The lowest BCUT2D eigenvalue weighted by Gasteiger charge is -2.31. The number of nitrogens with zero attached hydrogens (tertiary/aromatic N) is 1. The second kappa shape index (κ2) is 3.63. The molecule has 0 bridgehead atoms. The van der Waals surface area contributed by atoms with Crippen LogP contribution in [0.2, 0.25) is 0 Å². The molecule has 2 heterocycles. The maximum absolute atomic E-state index is 11.4. The third-order valence-electron chi connectivity index (χ3n) is 3.32. The minimum atomic E-state index is 0.0708. The third-order valence-corrected chi connectivity index (χ3v) is 3.32. The minimum Gasteiger partial charge on any atom is -0.377 e. The lowest BCUT2D eigenvalue weighted by atomic mass is 9.95. The predicted octanol–water partition coefficient (Wildman–Crippen LogP) is 1.22. The van der Waals surface area contributed by atoms with Crippen molar-refractivity contribution in [2.24, 2.45) is 0 Å². The first kappa shape index (κ1) is 10.1. The number of carbonyl (C=O) groups is 1. The molecule has 80 valence electrons. The SMILES string of the molecule is CC(C)OCC12CCCN1CC(=O)C2. The molecule has 0 aromatic carbocycles. The van der Waals surface area contributed by atoms with Crippen LogP contribution in [-0.2, 0) is 9.53 Å². The van der Waals surface area contributed by atoms with E-state index in [9.17, 15) is 4.79 Å². The quantitative estimate of drug-likeness (QED) is 0.681. The van der Waals surface area contributed by atoms with Gasteiger partial charge in [0.25, 0.3) is 0 Å². The molecule has 0 aliphatic carbocycles. The summed E-state index contributed by atoms with van der Waals surface area (Å²) in [5.41, 5.74) is 0.0708. The Morgan fingerprint density at radius 1 is 1.57 bits per heavy atom. The van der Waals surface area contributed by atoms with Crippen LogP contribution in [0.3, 0.4) is 0 Å². The van der Waals surface area contributed by atoms with Gasteiger partial charge in [-0.05, 0) is 33.2 Å². The van der Waals surface area contributed by atoms with E-state index in [-0.39, 0.29) is 11.6 Å². The van der Waals surface area contributed by atoms with Gasteiger partial charge in [0.15, 0.2) is 0 Å². The highest BCUT2D eigenvalue weighted by atomic mass is 16.5. The zero-order chi connectivity index (χ0) is 10.2. The summed E-state index contributed by atoms with van der Waals surface area (Å²) < 4.78 is 5.68. The van der Waals surface area contributed by atoms with Crippen LogP contribution >= 0.6 is 0 Å². The van der Waals surface area contributed by atoms with Crippen molar-refractivity contribution in [1.82, 2.24) is 4.90 Å². The molecule has 2 rings (SSSR count). The van der Waals surface area contributed by atoms with E-state index in [1.807, 2.05) is 13.8 Å². The molecule has 2 fully saturated rings. The second-order valence-electron chi connectivity index (χ2n) is 4.82. The van der Waals surface area contributed by atoms with Gasteiger partial charge in [-0.1, -0.05) is 0 Å². The minimum absolute atomic E-state index is 0.0708. The molecule has 1 unspecified atom stereocenters. The van der Waals surface area contributed by atoms with Crippen molar-refractivity contribution in [3.63, 3.8) is 0 Å². The summed E-state index contributed by atoms with van der Waals surface area (Å²) in [5.74, 6) is 0.386. The molecule has 0 amide bonds. The normalized spacial score (nSPS) is 32.9. The molecule has 0 spiro atoms. The van der Waals surface area contributed by atoms with Crippen molar-refractivity contribution >= 4 is 5.78 Å². The highest BCUT2D eigenvalue weighted by Crippen LogP contribution is 2.37. The number of hydrogen-bond donors (Lipinski definition) is 0. The molecular formula is C11H19NO2. The van der Waals surface area contributed by atoms with E-state index in [2.05, 4.69) is 4.90 Å².